The zero-order valence-corrected chi connectivity index (χ0v) is 32.0. The van der Waals surface area contributed by atoms with Crippen LogP contribution < -0.4 is 20.3 Å². The minimum absolute atomic E-state index is 0.0937. The van der Waals surface area contributed by atoms with Gasteiger partial charge in [0.1, 0.15) is 17.4 Å². The van der Waals surface area contributed by atoms with Gasteiger partial charge in [0, 0.05) is 74.9 Å². The maximum absolute atomic E-state index is 13.4. The summed E-state index contributed by atoms with van der Waals surface area (Å²) in [6.45, 7) is 5.31. The molecule has 16 heteroatoms. The van der Waals surface area contributed by atoms with Crippen LogP contribution in [0.2, 0.25) is 0 Å². The summed E-state index contributed by atoms with van der Waals surface area (Å²) < 4.78 is 9.91. The molecule has 2 N–H and O–H groups in total. The number of piperidine rings is 3. The van der Waals surface area contributed by atoms with Crippen LogP contribution >= 0.6 is 0 Å². The van der Waals surface area contributed by atoms with Gasteiger partial charge in [0.05, 0.1) is 41.2 Å². The number of anilines is 2. The Balaban J connectivity index is 0.747. The lowest BCUT2D eigenvalue weighted by molar-refractivity contribution is -0.136. The summed E-state index contributed by atoms with van der Waals surface area (Å²) in [5.41, 5.74) is 3.83. The van der Waals surface area contributed by atoms with Crippen molar-refractivity contribution in [1.82, 2.24) is 39.5 Å². The van der Waals surface area contributed by atoms with E-state index in [-0.39, 0.29) is 30.7 Å². The van der Waals surface area contributed by atoms with Crippen molar-refractivity contribution in [2.45, 2.75) is 63.5 Å². The fraction of sp³-hybridized carbons (Fsp3) is 0.429. The first-order chi connectivity index (χ1) is 28.3. The number of imide groups is 2. The molecule has 0 bridgehead atoms. The number of ether oxygens (including phenoxy) is 1. The van der Waals surface area contributed by atoms with Gasteiger partial charge in [0.25, 0.3) is 17.7 Å². The lowest BCUT2D eigenvalue weighted by atomic mass is 9.94. The van der Waals surface area contributed by atoms with Crippen molar-refractivity contribution in [2.75, 3.05) is 49.5 Å². The Hall–Kier alpha value is -6.16. The molecule has 5 aromatic rings. The number of hydrogen-bond donors (Lipinski definition) is 2. The summed E-state index contributed by atoms with van der Waals surface area (Å²) in [4.78, 5) is 74.3. The lowest BCUT2D eigenvalue weighted by Gasteiger charge is -2.38. The Bertz CT molecular complexity index is 2470. The van der Waals surface area contributed by atoms with Crippen LogP contribution in [0.5, 0.6) is 5.75 Å². The highest BCUT2D eigenvalue weighted by Crippen LogP contribution is 2.36. The Morgan fingerprint density at radius 2 is 1.71 bits per heavy atom. The molecule has 5 aliphatic rings. The van der Waals surface area contributed by atoms with Crippen LogP contribution in [0.25, 0.3) is 16.6 Å². The first-order valence-electron chi connectivity index (χ1n) is 20.3. The van der Waals surface area contributed by atoms with Crippen LogP contribution in [0.15, 0.2) is 61.2 Å². The predicted molar refractivity (Wildman–Crippen MR) is 212 cm³/mol. The fourth-order valence-electron chi connectivity index (χ4n) is 8.91. The van der Waals surface area contributed by atoms with Crippen LogP contribution in [0.3, 0.4) is 0 Å². The van der Waals surface area contributed by atoms with Crippen molar-refractivity contribution in [2.24, 2.45) is 11.8 Å². The number of nitrogens with zero attached hydrogens (tertiary/aromatic N) is 8. The van der Waals surface area contributed by atoms with Crippen LogP contribution in [0.4, 0.5) is 11.4 Å². The molecule has 5 amide bonds. The highest BCUT2D eigenvalue weighted by Gasteiger charge is 2.45. The number of nitrogens with one attached hydrogen (secondary N) is 2. The Labute approximate surface area is 333 Å². The van der Waals surface area contributed by atoms with Crippen molar-refractivity contribution < 1.29 is 28.7 Å². The molecular formula is C42H44N10O6. The number of rotatable bonds is 10. The van der Waals surface area contributed by atoms with E-state index in [0.717, 1.165) is 92.7 Å². The molecule has 0 radical (unpaired) electrons. The second-order valence-electron chi connectivity index (χ2n) is 16.3. The largest absolute Gasteiger partial charge is 0.491 e. The third kappa shape index (κ3) is 6.84. The molecule has 0 spiro atoms. The van der Waals surface area contributed by atoms with Crippen LogP contribution in [0.1, 0.15) is 88.5 Å². The maximum atomic E-state index is 13.4. The highest BCUT2D eigenvalue weighted by molar-refractivity contribution is 6.23. The average molecular weight is 785 g/mol. The quantitative estimate of drug-likeness (QED) is 0.195. The summed E-state index contributed by atoms with van der Waals surface area (Å²) in [5.74, 6) is -0.545. The monoisotopic (exact) mass is 784 g/mol. The molecule has 4 aliphatic heterocycles. The lowest BCUT2D eigenvalue weighted by Crippen LogP contribution is -2.54. The molecule has 2 aromatic carbocycles. The van der Waals surface area contributed by atoms with Gasteiger partial charge in [-0.25, -0.2) is 9.50 Å². The molecule has 16 nitrogen and oxygen atoms in total. The van der Waals surface area contributed by atoms with E-state index >= 15 is 0 Å². The number of aromatic nitrogens is 5. The molecule has 3 aromatic heterocycles. The maximum Gasteiger partial charge on any atom is 0.262 e. The molecular weight excluding hydrogens is 741 g/mol. The summed E-state index contributed by atoms with van der Waals surface area (Å²) in [5, 5.41) is 15.5. The standard InChI is InChI=1S/C42H44N10O6/c53-37-7-6-35(40(55)46-37)52-41(56)30-5-4-29(19-31(30)42(52)57)49-16-8-25(9-17-49)22-48-14-10-28(11-15-48)51-23-27-18-34(36(20-33(27)47-51)58-24-26-2-3-26)45-39(54)32-21-44-50-13-1-12-43-38(32)50/h1,4-5,12-13,18-21,23,25-26,28,35H,2-3,6-11,14-17,22,24H2,(H,45,54)(H,46,53,55). The van der Waals surface area contributed by atoms with E-state index in [2.05, 4.69) is 41.4 Å². The van der Waals surface area contributed by atoms with E-state index in [1.54, 1.807) is 35.1 Å². The summed E-state index contributed by atoms with van der Waals surface area (Å²) in [6.07, 6.45) is 13.6. The molecule has 1 unspecified atom stereocenters. The van der Waals surface area contributed by atoms with Gasteiger partial charge in [-0.2, -0.15) is 10.2 Å². The molecule has 298 valence electrons. The molecule has 10 rings (SSSR count). The molecule has 3 saturated heterocycles. The van der Waals surface area contributed by atoms with E-state index < -0.39 is 23.8 Å². The number of carbonyl (C=O) groups excluding carboxylic acids is 5. The number of amides is 5. The van der Waals surface area contributed by atoms with Gasteiger partial charge in [-0.1, -0.05) is 0 Å². The van der Waals surface area contributed by atoms with E-state index in [1.165, 1.54) is 6.20 Å². The second-order valence-corrected chi connectivity index (χ2v) is 16.3. The van der Waals surface area contributed by atoms with Crippen molar-refractivity contribution >= 4 is 57.5 Å². The minimum Gasteiger partial charge on any atom is -0.491 e. The third-order valence-corrected chi connectivity index (χ3v) is 12.4. The van der Waals surface area contributed by atoms with Crippen LogP contribution in [-0.4, -0.2) is 109 Å². The fourth-order valence-corrected chi connectivity index (χ4v) is 8.91. The number of fused-ring (bicyclic) bond motifs is 3. The smallest absolute Gasteiger partial charge is 0.262 e. The second kappa shape index (κ2) is 14.7. The van der Waals surface area contributed by atoms with Crippen molar-refractivity contribution in [1.29, 1.82) is 0 Å². The Morgan fingerprint density at radius 1 is 0.897 bits per heavy atom. The number of benzene rings is 2. The van der Waals surface area contributed by atoms with Crippen molar-refractivity contribution in [3.8, 4) is 5.75 Å². The van der Waals surface area contributed by atoms with Crippen molar-refractivity contribution in [3.63, 3.8) is 0 Å². The van der Waals surface area contributed by atoms with E-state index in [9.17, 15) is 24.0 Å². The number of carbonyl (C=O) groups is 5. The zero-order valence-electron chi connectivity index (χ0n) is 32.0. The van der Waals surface area contributed by atoms with Crippen molar-refractivity contribution in [3.05, 3.63) is 77.9 Å². The number of hydrogen-bond acceptors (Lipinski definition) is 11. The summed E-state index contributed by atoms with van der Waals surface area (Å²) in [7, 11) is 0. The van der Waals surface area contributed by atoms with Gasteiger partial charge in [-0.3, -0.25) is 38.9 Å². The van der Waals surface area contributed by atoms with Gasteiger partial charge < -0.3 is 19.9 Å². The molecule has 1 saturated carbocycles. The normalized spacial score (nSPS) is 20.9. The predicted octanol–water partition coefficient (Wildman–Crippen LogP) is 4.07. The summed E-state index contributed by atoms with van der Waals surface area (Å²) in [6, 6.07) is 10.3. The SMILES string of the molecule is O=C1CCC(N2C(=O)c3ccc(N4CCC(CN5CCC(n6cc7cc(NC(=O)c8cnn9cccnc89)c(OCC8CC8)cc7n6)CC5)CC4)cc3C2=O)C(=O)N1. The molecule has 7 heterocycles. The Kier molecular flexibility index (Phi) is 9.14. The highest BCUT2D eigenvalue weighted by atomic mass is 16.5. The topological polar surface area (TPSA) is 176 Å². The summed E-state index contributed by atoms with van der Waals surface area (Å²) >= 11 is 0. The molecule has 1 atom stereocenters. The van der Waals surface area contributed by atoms with Crippen LogP contribution in [-0.2, 0) is 9.59 Å². The molecule has 58 heavy (non-hydrogen) atoms. The van der Waals surface area contributed by atoms with Gasteiger partial charge in [0.15, 0.2) is 5.65 Å². The number of likely N-dealkylation sites (tertiary alicyclic amines) is 1. The molecule has 4 fully saturated rings. The minimum atomic E-state index is -0.971. The van der Waals surface area contributed by atoms with Gasteiger partial charge in [-0.05, 0) is 87.1 Å². The first-order valence-corrected chi connectivity index (χ1v) is 20.3. The Morgan fingerprint density at radius 3 is 2.50 bits per heavy atom. The molecule has 1 aliphatic carbocycles. The van der Waals surface area contributed by atoms with E-state index in [1.807, 2.05) is 18.2 Å². The van der Waals surface area contributed by atoms with Crippen LogP contribution in [0, 0.1) is 11.8 Å². The first kappa shape index (κ1) is 36.2. The van der Waals surface area contributed by atoms with Gasteiger partial charge in [0.2, 0.25) is 11.8 Å². The van der Waals surface area contributed by atoms with E-state index in [0.29, 0.717) is 52.2 Å². The third-order valence-electron chi connectivity index (χ3n) is 12.4. The average Bonchev–Trinajstić information content (AvgIpc) is 3.72. The van der Waals surface area contributed by atoms with E-state index in [4.69, 9.17) is 9.84 Å². The zero-order chi connectivity index (χ0) is 39.5. The van der Waals surface area contributed by atoms with Gasteiger partial charge in [-0.15, -0.1) is 0 Å². The van der Waals surface area contributed by atoms with Gasteiger partial charge >= 0.3 is 0 Å².